The Morgan fingerprint density at radius 1 is 0.487 bits per heavy atom. The molecule has 76 heavy (non-hydrogen) atoms. The van der Waals surface area contributed by atoms with Crippen molar-refractivity contribution in [2.24, 2.45) is 0 Å². The highest BCUT2D eigenvalue weighted by atomic mass is 35.5. The van der Waals surface area contributed by atoms with Gasteiger partial charge in [-0.2, -0.15) is 0 Å². The number of nitrogen functional groups attached to an aromatic ring is 1. The molecule has 0 aliphatic rings. The molecule has 26 heteroatoms. The van der Waals surface area contributed by atoms with Crippen molar-refractivity contribution in [1.82, 2.24) is 51.0 Å². The number of nitrogens with one attached hydrogen (secondary N) is 2. The number of halogens is 3. The summed E-state index contributed by atoms with van der Waals surface area (Å²) in [5.41, 5.74) is 6.00. The highest BCUT2D eigenvalue weighted by Crippen LogP contribution is 2.28. The molecule has 0 bridgehead atoms. The number of nitrogens with zero attached hydrogens (tertiary/aromatic N) is 12. The maximum atomic E-state index is 12.0. The normalized spacial score (nSPS) is 10.6. The molecule has 5 heterocycles. The lowest BCUT2D eigenvalue weighted by Gasteiger charge is -2.23. The number of amides is 3. The second kappa shape index (κ2) is 29.0. The summed E-state index contributed by atoms with van der Waals surface area (Å²) in [5, 5.41) is 63.2. The molecule has 0 aliphatic heterocycles. The first kappa shape index (κ1) is 62.0. The number of phenols is 2. The summed E-state index contributed by atoms with van der Waals surface area (Å²) in [6.45, 7) is 16.1. The molecule has 0 saturated heterocycles. The van der Waals surface area contributed by atoms with Crippen molar-refractivity contribution in [3.05, 3.63) is 125 Å². The van der Waals surface area contributed by atoms with Crippen LogP contribution in [0, 0.1) is 0 Å². The number of rotatable bonds is 6. The van der Waals surface area contributed by atoms with E-state index in [1.165, 1.54) is 15.9 Å². The van der Waals surface area contributed by atoms with Crippen molar-refractivity contribution in [3.63, 3.8) is 0 Å². The summed E-state index contributed by atoms with van der Waals surface area (Å²) >= 11 is 16.5. The lowest BCUT2D eigenvalue weighted by molar-refractivity contribution is 0.0577. The average Bonchev–Trinajstić information content (AvgIpc) is 3.35. The van der Waals surface area contributed by atoms with Crippen LogP contribution in [0.25, 0.3) is 22.5 Å². The average molecular weight is 1110 g/mol. The van der Waals surface area contributed by atoms with E-state index in [0.29, 0.717) is 56.8 Å². The van der Waals surface area contributed by atoms with Gasteiger partial charge >= 0.3 is 18.3 Å². The zero-order valence-electron chi connectivity index (χ0n) is 43.8. The van der Waals surface area contributed by atoms with Crippen LogP contribution < -0.4 is 26.2 Å². The Kier molecular flexibility index (Phi) is 23.6. The number of anilines is 5. The van der Waals surface area contributed by atoms with Gasteiger partial charge in [-0.05, 0) is 147 Å². The smallest absolute Gasteiger partial charge is 0.415 e. The van der Waals surface area contributed by atoms with Crippen molar-refractivity contribution >= 4 is 82.2 Å². The van der Waals surface area contributed by atoms with Gasteiger partial charge < -0.3 is 35.5 Å². The van der Waals surface area contributed by atoms with E-state index < -0.39 is 35.1 Å². The first-order valence-corrected chi connectivity index (χ1v) is 23.8. The molecule has 7 aromatic rings. The lowest BCUT2D eigenvalue weighted by atomic mass is 10.1. The quantitative estimate of drug-likeness (QED) is 0.0966. The molecule has 0 saturated carbocycles. The summed E-state index contributed by atoms with van der Waals surface area (Å²) in [5.74, 6) is 2.48. The molecule has 0 spiro atoms. The number of para-hydroxylation sites is 2. The SMILES string of the molecule is CC(C)(C)OC(=O)Nc1ccc(Cl)nn1.CN(C(=O)OC(C)(C)C)c1ccc(-c2ccccc2O)nn1.CN(C(=O)OC(C)(C)C)c1ccc(Cl)nn1.CNc1ccc(-c2ccccc2O)nn1.Nc1ccc(Cl)nn1. The summed E-state index contributed by atoms with van der Waals surface area (Å²) in [7, 11) is 4.91. The number of hydrogen-bond donors (Lipinski definition) is 5. The number of phenolic OH excluding ortho intramolecular Hbond substituents is 2. The Balaban J connectivity index is 0.000000257. The third-order valence-corrected chi connectivity index (χ3v) is 9.09. The zero-order chi connectivity index (χ0) is 56.8. The number of carbonyl (C=O) groups is 3. The van der Waals surface area contributed by atoms with Crippen LogP contribution in [0.15, 0.2) is 109 Å². The topological polar surface area (TPSA) is 305 Å². The molecule has 0 aliphatic carbocycles. The van der Waals surface area contributed by atoms with Crippen LogP contribution in [0.4, 0.5) is 43.5 Å². The van der Waals surface area contributed by atoms with Gasteiger partial charge in [0.1, 0.15) is 39.9 Å². The van der Waals surface area contributed by atoms with E-state index in [4.69, 9.17) is 54.7 Å². The molecule has 404 valence electrons. The lowest BCUT2D eigenvalue weighted by Crippen LogP contribution is -2.34. The van der Waals surface area contributed by atoms with Gasteiger partial charge in [0.15, 0.2) is 32.9 Å². The number of nitrogens with two attached hydrogens (primary N) is 1. The van der Waals surface area contributed by atoms with Gasteiger partial charge in [-0.1, -0.05) is 59.1 Å². The first-order valence-electron chi connectivity index (χ1n) is 22.6. The van der Waals surface area contributed by atoms with Gasteiger partial charge in [0.05, 0.1) is 11.4 Å². The van der Waals surface area contributed by atoms with Crippen LogP contribution in [0.2, 0.25) is 15.5 Å². The number of aromatic hydroxyl groups is 2. The fraction of sp³-hybridized carbons (Fsp3) is 0.300. The summed E-state index contributed by atoms with van der Waals surface area (Å²) in [6.07, 6.45) is -1.56. The molecule has 0 unspecified atom stereocenters. The third-order valence-electron chi connectivity index (χ3n) is 8.48. The minimum atomic E-state index is -0.575. The zero-order valence-corrected chi connectivity index (χ0v) is 46.1. The van der Waals surface area contributed by atoms with Gasteiger partial charge in [0.2, 0.25) is 0 Å². The second-order valence-electron chi connectivity index (χ2n) is 18.3. The molecular formula is C50H60Cl3N15O8. The predicted octanol–water partition coefficient (Wildman–Crippen LogP) is 10.8. The minimum absolute atomic E-state index is 0.130. The third kappa shape index (κ3) is 23.3. The van der Waals surface area contributed by atoms with E-state index in [9.17, 15) is 24.6 Å². The molecule has 7 rings (SSSR count). The van der Waals surface area contributed by atoms with Crippen molar-refractivity contribution in [1.29, 1.82) is 0 Å². The van der Waals surface area contributed by atoms with Crippen molar-refractivity contribution in [2.75, 3.05) is 47.3 Å². The van der Waals surface area contributed by atoms with Crippen LogP contribution in [0.5, 0.6) is 11.5 Å². The molecule has 0 fully saturated rings. The largest absolute Gasteiger partial charge is 0.507 e. The number of benzene rings is 2. The number of ether oxygens (including phenoxy) is 3. The van der Waals surface area contributed by atoms with E-state index in [-0.39, 0.29) is 21.8 Å². The number of aromatic nitrogens is 10. The van der Waals surface area contributed by atoms with Gasteiger partial charge in [0.25, 0.3) is 0 Å². The molecule has 0 radical (unpaired) electrons. The Morgan fingerprint density at radius 2 is 0.868 bits per heavy atom. The second-order valence-corrected chi connectivity index (χ2v) is 19.5. The van der Waals surface area contributed by atoms with Crippen LogP contribution >= 0.6 is 34.8 Å². The highest BCUT2D eigenvalue weighted by Gasteiger charge is 2.23. The summed E-state index contributed by atoms with van der Waals surface area (Å²) in [6, 6.07) is 30.3. The molecule has 5 aromatic heterocycles. The Hall–Kier alpha value is -8.28. The van der Waals surface area contributed by atoms with Crippen molar-refractivity contribution < 1.29 is 38.8 Å². The first-order chi connectivity index (χ1) is 35.5. The molecule has 0 atom stereocenters. The van der Waals surface area contributed by atoms with Gasteiger partial charge in [-0.3, -0.25) is 15.1 Å². The number of hydrogen-bond acceptors (Lipinski definition) is 20. The summed E-state index contributed by atoms with van der Waals surface area (Å²) in [4.78, 5) is 37.4. The summed E-state index contributed by atoms with van der Waals surface area (Å²) < 4.78 is 15.5. The Morgan fingerprint density at radius 3 is 1.21 bits per heavy atom. The van der Waals surface area contributed by atoms with Crippen LogP contribution in [-0.2, 0) is 14.2 Å². The Labute approximate surface area is 455 Å². The van der Waals surface area contributed by atoms with Gasteiger partial charge in [-0.15, -0.1) is 51.0 Å². The van der Waals surface area contributed by atoms with Crippen LogP contribution in [0.1, 0.15) is 62.3 Å². The van der Waals surface area contributed by atoms with E-state index in [1.54, 1.807) is 168 Å². The minimum Gasteiger partial charge on any atom is -0.507 e. The van der Waals surface area contributed by atoms with E-state index >= 15 is 0 Å². The maximum Gasteiger partial charge on any atom is 0.415 e. The number of carbonyl (C=O) groups excluding carboxylic acids is 3. The van der Waals surface area contributed by atoms with Crippen molar-refractivity contribution in [2.45, 2.75) is 79.1 Å². The fourth-order valence-electron chi connectivity index (χ4n) is 5.09. The predicted molar refractivity (Wildman–Crippen MR) is 292 cm³/mol. The van der Waals surface area contributed by atoms with E-state index in [1.807, 2.05) is 18.2 Å². The van der Waals surface area contributed by atoms with E-state index in [2.05, 4.69) is 61.6 Å². The molecule has 23 nitrogen and oxygen atoms in total. The van der Waals surface area contributed by atoms with Crippen molar-refractivity contribution in [3.8, 4) is 34.0 Å². The van der Waals surface area contributed by atoms with Gasteiger partial charge in [-0.25, -0.2) is 14.4 Å². The maximum absolute atomic E-state index is 12.0. The molecule has 3 amide bonds. The van der Waals surface area contributed by atoms with Gasteiger partial charge in [0, 0.05) is 32.3 Å². The molecule has 6 N–H and O–H groups in total. The highest BCUT2D eigenvalue weighted by molar-refractivity contribution is 6.29. The molecule has 2 aromatic carbocycles. The van der Waals surface area contributed by atoms with E-state index in [0.717, 1.165) is 0 Å². The van der Waals surface area contributed by atoms with Crippen LogP contribution in [-0.4, -0.2) is 117 Å². The van der Waals surface area contributed by atoms with Crippen LogP contribution in [0.3, 0.4) is 0 Å². The molecular weight excluding hydrogens is 1050 g/mol. The Bertz CT molecular complexity index is 2890. The fourth-order valence-corrected chi connectivity index (χ4v) is 5.39. The monoisotopic (exact) mass is 1100 g/mol. The standard InChI is InChI=1S/C16H19N3O3.C11H11N3O.C10H14ClN3O2.C9H12ClN3O2.C4H4ClN3/c1-16(2,3)22-15(21)19(4)14-10-9-12(17-18-14)11-7-5-6-8-13(11)20;1-12-11-7-6-9(13-14-11)8-4-2-3-5-10(8)15;1-10(2,3)16-9(15)14(4)8-6-5-7(11)12-13-8;1-9(2,3)15-8(14)11-7-5-4-6(10)12-13-7;5-3-1-2-4(6)8-7-3/h5-10,20H,1-4H3;2-7,15H,1H3,(H,12,14);5-6H,1-4H3;4-5H,1-3H3,(H,11,13,14);1-2H,(H2,6,8).